The van der Waals surface area contributed by atoms with Crippen molar-refractivity contribution in [3.63, 3.8) is 0 Å². The first kappa shape index (κ1) is 28.5. The summed E-state index contributed by atoms with van der Waals surface area (Å²) in [5.41, 5.74) is 2.68. The van der Waals surface area contributed by atoms with Crippen molar-refractivity contribution >= 4 is 29.1 Å². The Morgan fingerprint density at radius 1 is 1.33 bits per heavy atom. The van der Waals surface area contributed by atoms with E-state index in [1.165, 1.54) is 4.90 Å². The van der Waals surface area contributed by atoms with Crippen molar-refractivity contribution in [2.75, 3.05) is 13.7 Å². The molecule has 0 spiro atoms. The number of ether oxygens (including phenoxy) is 1. The molecule has 2 fully saturated rings. The zero-order valence-corrected chi connectivity index (χ0v) is 23.7. The van der Waals surface area contributed by atoms with E-state index < -0.39 is 46.9 Å². The predicted octanol–water partition coefficient (Wildman–Crippen LogP) is 2.69. The minimum atomic E-state index is -1.10. The van der Waals surface area contributed by atoms with E-state index in [-0.39, 0.29) is 19.5 Å². The fraction of sp³-hybridized carbons (Fsp3) is 0.536. The molecule has 10 nitrogen and oxygen atoms in total. The molecule has 3 atom stereocenters. The minimum Gasteiger partial charge on any atom is -0.496 e. The van der Waals surface area contributed by atoms with Crippen molar-refractivity contribution in [2.24, 2.45) is 5.41 Å². The number of hydrogen-bond acceptors (Lipinski definition) is 7. The van der Waals surface area contributed by atoms with Gasteiger partial charge in [-0.25, -0.2) is 11.6 Å². The number of amides is 3. The summed E-state index contributed by atoms with van der Waals surface area (Å²) in [6.07, 6.45) is 0.162. The van der Waals surface area contributed by atoms with Crippen LogP contribution < -0.4 is 15.4 Å². The van der Waals surface area contributed by atoms with Crippen LogP contribution in [0, 0.1) is 18.9 Å². The van der Waals surface area contributed by atoms with Crippen LogP contribution >= 0.6 is 11.3 Å². The van der Waals surface area contributed by atoms with Crippen LogP contribution in [0.2, 0.25) is 0 Å². The third-order valence-corrected chi connectivity index (χ3v) is 8.34. The van der Waals surface area contributed by atoms with Crippen LogP contribution in [0.15, 0.2) is 23.7 Å². The van der Waals surface area contributed by atoms with Crippen LogP contribution in [0.5, 0.6) is 5.75 Å². The SMILES string of the molecule is [C-]#[N+]C1(C(=O)NC(C(=O)N2CC(O)CC2C(=O)NCc2ccc(-c3scnc3C)cc2OC)C(C)(C)C)CC1. The van der Waals surface area contributed by atoms with E-state index in [4.69, 9.17) is 11.3 Å². The quantitative estimate of drug-likeness (QED) is 0.432. The summed E-state index contributed by atoms with van der Waals surface area (Å²) in [7, 11) is 1.57. The van der Waals surface area contributed by atoms with Gasteiger partial charge in [-0.05, 0) is 24.0 Å². The monoisotopic (exact) mass is 553 g/mol. The van der Waals surface area contributed by atoms with Crippen molar-refractivity contribution < 1.29 is 24.2 Å². The maximum Gasteiger partial charge on any atom is 0.309 e. The molecule has 1 aliphatic carbocycles. The molecule has 2 aromatic rings. The van der Waals surface area contributed by atoms with Crippen LogP contribution in [0.25, 0.3) is 15.3 Å². The Bertz CT molecular complexity index is 1310. The molecule has 1 aromatic heterocycles. The van der Waals surface area contributed by atoms with Gasteiger partial charge in [0.2, 0.25) is 11.8 Å². The molecule has 2 heterocycles. The number of rotatable bonds is 8. The van der Waals surface area contributed by atoms with E-state index in [0.717, 1.165) is 21.7 Å². The van der Waals surface area contributed by atoms with Gasteiger partial charge in [0.25, 0.3) is 0 Å². The molecule has 1 saturated heterocycles. The molecular formula is C28H35N5O5S. The van der Waals surface area contributed by atoms with Gasteiger partial charge in [0.1, 0.15) is 17.8 Å². The minimum absolute atomic E-state index is 0.0143. The molecule has 2 aliphatic rings. The van der Waals surface area contributed by atoms with Crippen LogP contribution in [-0.4, -0.2) is 70.1 Å². The number of nitrogens with zero attached hydrogens (tertiary/aromatic N) is 3. The lowest BCUT2D eigenvalue weighted by molar-refractivity contribution is -0.144. The Kier molecular flexibility index (Phi) is 8.00. The van der Waals surface area contributed by atoms with Gasteiger partial charge in [-0.1, -0.05) is 32.9 Å². The molecule has 1 saturated carbocycles. The van der Waals surface area contributed by atoms with Gasteiger partial charge in [0.05, 0.1) is 29.3 Å². The maximum atomic E-state index is 13.7. The number of methoxy groups -OCH3 is 1. The lowest BCUT2D eigenvalue weighted by atomic mass is 9.85. The Balaban J connectivity index is 1.47. The van der Waals surface area contributed by atoms with E-state index in [0.29, 0.717) is 18.6 Å². The summed E-state index contributed by atoms with van der Waals surface area (Å²) in [5, 5.41) is 16.1. The van der Waals surface area contributed by atoms with Crippen LogP contribution in [-0.2, 0) is 20.9 Å². The molecular weight excluding hydrogens is 518 g/mol. The molecule has 1 aliphatic heterocycles. The summed E-state index contributed by atoms with van der Waals surface area (Å²) in [6.45, 7) is 14.9. The first-order valence-electron chi connectivity index (χ1n) is 12.9. The highest BCUT2D eigenvalue weighted by Gasteiger charge is 2.59. The van der Waals surface area contributed by atoms with Crippen molar-refractivity contribution in [1.82, 2.24) is 20.5 Å². The van der Waals surface area contributed by atoms with Crippen LogP contribution in [0.1, 0.15) is 51.3 Å². The molecule has 39 heavy (non-hydrogen) atoms. The number of nitrogens with one attached hydrogen (secondary N) is 2. The van der Waals surface area contributed by atoms with Crippen molar-refractivity contribution in [2.45, 2.75) is 77.2 Å². The summed E-state index contributed by atoms with van der Waals surface area (Å²) < 4.78 is 5.57. The van der Waals surface area contributed by atoms with Crippen molar-refractivity contribution in [1.29, 1.82) is 0 Å². The predicted molar refractivity (Wildman–Crippen MR) is 147 cm³/mol. The Labute approximate surface area is 232 Å². The zero-order chi connectivity index (χ0) is 28.5. The molecule has 3 amide bonds. The second-order valence-corrected chi connectivity index (χ2v) is 12.2. The average Bonchev–Trinajstić information content (AvgIpc) is 3.44. The molecule has 0 radical (unpaired) electrons. The van der Waals surface area contributed by atoms with Gasteiger partial charge in [-0.3, -0.25) is 19.2 Å². The molecule has 1 aromatic carbocycles. The molecule has 11 heteroatoms. The second kappa shape index (κ2) is 10.9. The number of carbonyl (C=O) groups is 3. The number of thiazole rings is 1. The standard InChI is InChI=1S/C28H35N5O5S/c1-16-22(39-15-31-16)17-7-8-18(21(11-17)38-6)13-30-24(35)20-12-19(34)14-33(20)25(36)23(27(2,3)4)32-26(37)28(29-5)9-10-28/h7-8,11,15,19-20,23,34H,9-10,12-14H2,1-4,6H3,(H,30,35)(H,32,37). The molecule has 3 unspecified atom stereocenters. The number of aliphatic hydroxyl groups is 1. The highest BCUT2D eigenvalue weighted by molar-refractivity contribution is 7.13. The summed E-state index contributed by atoms with van der Waals surface area (Å²) in [6, 6.07) is 3.90. The molecule has 0 bridgehead atoms. The number of β-amino-alcohol motifs (C(OH)–C–C–N with tert-alkyl or cyclic N) is 1. The van der Waals surface area contributed by atoms with Gasteiger partial charge in [0, 0.05) is 37.9 Å². The number of carbonyl (C=O) groups excluding carboxylic acids is 3. The number of likely N-dealkylation sites (tertiary alicyclic amines) is 1. The van der Waals surface area contributed by atoms with Gasteiger partial charge in [-0.15, -0.1) is 11.3 Å². The van der Waals surface area contributed by atoms with Crippen LogP contribution in [0.4, 0.5) is 0 Å². The topological polar surface area (TPSA) is 125 Å². The first-order chi connectivity index (χ1) is 18.4. The van der Waals surface area contributed by atoms with Crippen molar-refractivity contribution in [3.05, 3.63) is 46.4 Å². The summed E-state index contributed by atoms with van der Waals surface area (Å²) in [5.74, 6) is -0.696. The summed E-state index contributed by atoms with van der Waals surface area (Å²) >= 11 is 1.54. The highest BCUT2D eigenvalue weighted by Crippen LogP contribution is 2.40. The molecule has 3 N–H and O–H groups in total. The lowest BCUT2D eigenvalue weighted by Gasteiger charge is -2.35. The average molecular weight is 554 g/mol. The Morgan fingerprint density at radius 2 is 2.05 bits per heavy atom. The normalized spacial score (nSPS) is 20.6. The summed E-state index contributed by atoms with van der Waals surface area (Å²) in [4.78, 5) is 50.0. The third kappa shape index (κ3) is 5.92. The first-order valence-corrected chi connectivity index (χ1v) is 13.8. The maximum absolute atomic E-state index is 13.7. The smallest absolute Gasteiger partial charge is 0.309 e. The third-order valence-electron chi connectivity index (χ3n) is 7.36. The number of aromatic nitrogens is 1. The number of benzene rings is 1. The second-order valence-electron chi connectivity index (χ2n) is 11.3. The van der Waals surface area contributed by atoms with E-state index in [9.17, 15) is 19.5 Å². The van der Waals surface area contributed by atoms with Crippen LogP contribution in [0.3, 0.4) is 0 Å². The van der Waals surface area contributed by atoms with Gasteiger partial charge in [-0.2, -0.15) is 0 Å². The van der Waals surface area contributed by atoms with E-state index >= 15 is 0 Å². The van der Waals surface area contributed by atoms with Crippen molar-refractivity contribution in [3.8, 4) is 16.2 Å². The largest absolute Gasteiger partial charge is 0.496 e. The Hall–Kier alpha value is -3.49. The fourth-order valence-corrected chi connectivity index (χ4v) is 5.61. The Morgan fingerprint density at radius 3 is 2.62 bits per heavy atom. The molecule has 4 rings (SSSR count). The number of aryl methyl sites for hydroxylation is 1. The number of aliphatic hydroxyl groups excluding tert-OH is 1. The van der Waals surface area contributed by atoms with Gasteiger partial charge < -0.3 is 25.4 Å². The zero-order valence-electron chi connectivity index (χ0n) is 22.9. The molecule has 208 valence electrons. The van der Waals surface area contributed by atoms with E-state index in [2.05, 4.69) is 20.5 Å². The van der Waals surface area contributed by atoms with Gasteiger partial charge in [0.15, 0.2) is 0 Å². The highest BCUT2D eigenvalue weighted by atomic mass is 32.1. The fourth-order valence-electron chi connectivity index (χ4n) is 4.80. The van der Waals surface area contributed by atoms with E-state index in [1.54, 1.807) is 24.0 Å². The number of hydrogen-bond donors (Lipinski definition) is 3. The van der Waals surface area contributed by atoms with Gasteiger partial charge >= 0.3 is 11.4 Å². The lowest BCUT2D eigenvalue weighted by Crippen LogP contribution is -2.59. The van der Waals surface area contributed by atoms with E-state index in [1.807, 2.05) is 45.9 Å².